The van der Waals surface area contributed by atoms with E-state index in [9.17, 15) is 8.42 Å². The predicted octanol–water partition coefficient (Wildman–Crippen LogP) is 4.47. The van der Waals surface area contributed by atoms with Crippen LogP contribution in [0.25, 0.3) is 0 Å². The molecule has 0 aliphatic carbocycles. The number of thiophene rings is 1. The van der Waals surface area contributed by atoms with Crippen LogP contribution in [-0.2, 0) is 21.8 Å². The van der Waals surface area contributed by atoms with Gasteiger partial charge in [-0.05, 0) is 42.5 Å². The Morgan fingerprint density at radius 1 is 1.00 bits per heavy atom. The molecular weight excluding hydrogens is 401 g/mol. The van der Waals surface area contributed by atoms with E-state index in [1.807, 2.05) is 61.4 Å². The fourth-order valence-electron chi connectivity index (χ4n) is 2.65. The topological polar surface area (TPSA) is 46.2 Å². The van der Waals surface area contributed by atoms with Crippen LogP contribution in [0.1, 0.15) is 16.2 Å². The second-order valence-electron chi connectivity index (χ2n) is 6.18. The van der Waals surface area contributed by atoms with Gasteiger partial charge in [0.2, 0.25) is 10.0 Å². The Bertz CT molecular complexity index is 1010. The average Bonchev–Trinajstić information content (AvgIpc) is 3.15. The van der Waals surface area contributed by atoms with Gasteiger partial charge in [-0.1, -0.05) is 65.9 Å². The fourth-order valence-corrected chi connectivity index (χ4v) is 9.40. The van der Waals surface area contributed by atoms with E-state index < -0.39 is 21.8 Å². The highest BCUT2D eigenvalue weighted by atomic mass is 32.4. The summed E-state index contributed by atoms with van der Waals surface area (Å²) >= 11 is 7.53. The van der Waals surface area contributed by atoms with Crippen molar-refractivity contribution in [2.45, 2.75) is 17.6 Å². The van der Waals surface area contributed by atoms with Gasteiger partial charge in [-0.2, -0.15) is 4.72 Å². The van der Waals surface area contributed by atoms with E-state index in [-0.39, 0.29) is 4.90 Å². The molecule has 3 aromatic rings. The summed E-state index contributed by atoms with van der Waals surface area (Å²) in [5.41, 5.74) is 1.02. The zero-order valence-corrected chi connectivity index (χ0v) is 17.8. The van der Waals surface area contributed by atoms with Gasteiger partial charge < -0.3 is 0 Å². The molecule has 1 aromatic heterocycles. The van der Waals surface area contributed by atoms with Crippen LogP contribution in [0.5, 0.6) is 0 Å². The molecule has 0 aliphatic heterocycles. The molecule has 0 aliphatic rings. The maximum Gasteiger partial charge on any atom is 0.241 e. The molecule has 2 aromatic carbocycles. The van der Waals surface area contributed by atoms with Crippen molar-refractivity contribution in [1.82, 2.24) is 4.72 Å². The normalized spacial score (nSPS) is 15.3. The first-order chi connectivity index (χ1) is 12.3. The van der Waals surface area contributed by atoms with Gasteiger partial charge in [-0.3, -0.25) is 0 Å². The maximum atomic E-state index is 13.0. The molecule has 3 rings (SSSR count). The van der Waals surface area contributed by atoms with Gasteiger partial charge in [0.25, 0.3) is 0 Å². The molecule has 0 radical (unpaired) electrons. The lowest BCUT2D eigenvalue weighted by Gasteiger charge is -2.28. The Labute approximate surface area is 164 Å². The van der Waals surface area contributed by atoms with Crippen molar-refractivity contribution in [3.63, 3.8) is 0 Å². The van der Waals surface area contributed by atoms with Crippen LogP contribution in [0.15, 0.2) is 77.0 Å². The van der Waals surface area contributed by atoms with Gasteiger partial charge in [0.15, 0.2) is 0 Å². The smallest absolute Gasteiger partial charge is 0.207 e. The van der Waals surface area contributed by atoms with Crippen LogP contribution < -0.4 is 10.0 Å². The third-order valence-corrected chi connectivity index (χ3v) is 10.9. The summed E-state index contributed by atoms with van der Waals surface area (Å²) in [6.45, 7) is 3.93. The first-order valence-electron chi connectivity index (χ1n) is 8.06. The van der Waals surface area contributed by atoms with Crippen LogP contribution in [0.2, 0.25) is 0 Å². The second kappa shape index (κ2) is 7.75. The maximum absolute atomic E-state index is 13.0. The number of hydrogen-bond acceptors (Lipinski definition) is 4. The fraction of sp³-hybridized carbons (Fsp3) is 0.158. The zero-order valence-electron chi connectivity index (χ0n) is 14.5. The quantitative estimate of drug-likeness (QED) is 0.598. The lowest BCUT2D eigenvalue weighted by atomic mass is 10.2. The molecule has 0 amide bonds. The average molecular weight is 422 g/mol. The lowest BCUT2D eigenvalue weighted by Crippen LogP contribution is -2.30. The van der Waals surface area contributed by atoms with Crippen molar-refractivity contribution in [2.75, 3.05) is 6.66 Å². The summed E-state index contributed by atoms with van der Waals surface area (Å²) in [7, 11) is -3.68. The van der Waals surface area contributed by atoms with Crippen molar-refractivity contribution in [1.29, 1.82) is 0 Å². The Morgan fingerprint density at radius 3 is 2.23 bits per heavy atom. The Kier molecular flexibility index (Phi) is 5.80. The van der Waals surface area contributed by atoms with Gasteiger partial charge in [-0.15, -0.1) is 11.3 Å². The SMILES string of the molecule is Cc1ccc(S(=O)(=O)N[C@H](c2cccs2)P(C)(=S)c2ccccc2)cc1. The van der Waals surface area contributed by atoms with Gasteiger partial charge >= 0.3 is 0 Å². The van der Waals surface area contributed by atoms with Crippen LogP contribution in [0.3, 0.4) is 0 Å². The number of nitrogens with one attached hydrogen (secondary N) is 1. The highest BCUT2D eigenvalue weighted by Gasteiger charge is 2.32. The molecule has 1 heterocycles. The highest BCUT2D eigenvalue weighted by molar-refractivity contribution is 8.18. The van der Waals surface area contributed by atoms with E-state index in [1.165, 1.54) is 11.3 Å². The van der Waals surface area contributed by atoms with E-state index in [0.29, 0.717) is 0 Å². The van der Waals surface area contributed by atoms with Gasteiger partial charge in [0.1, 0.15) is 0 Å². The Morgan fingerprint density at radius 2 is 1.65 bits per heavy atom. The molecule has 136 valence electrons. The Balaban J connectivity index is 2.03. The van der Waals surface area contributed by atoms with Crippen LogP contribution in [0, 0.1) is 6.92 Å². The largest absolute Gasteiger partial charge is 0.241 e. The lowest BCUT2D eigenvalue weighted by molar-refractivity contribution is 0.580. The first-order valence-corrected chi connectivity index (χ1v) is 13.7. The number of hydrogen-bond donors (Lipinski definition) is 1. The monoisotopic (exact) mass is 421 g/mol. The van der Waals surface area contributed by atoms with Crippen molar-refractivity contribution in [3.8, 4) is 0 Å². The summed E-state index contributed by atoms with van der Waals surface area (Å²) in [6, 6.07) is 18.3. The van der Waals surface area contributed by atoms with Crippen LogP contribution in [0.4, 0.5) is 0 Å². The second-order valence-corrected chi connectivity index (χ2v) is 14.2. The summed E-state index contributed by atoms with van der Waals surface area (Å²) in [6.07, 6.45) is 0. The van der Waals surface area contributed by atoms with Gasteiger partial charge in [0.05, 0.1) is 10.7 Å². The Hall–Kier alpha value is -1.30. The van der Waals surface area contributed by atoms with Crippen molar-refractivity contribution < 1.29 is 8.42 Å². The van der Waals surface area contributed by atoms with Crippen molar-refractivity contribution >= 4 is 44.5 Å². The zero-order chi connectivity index (χ0) is 18.8. The summed E-state index contributed by atoms with van der Waals surface area (Å²) in [4.78, 5) is 1.20. The standard InChI is InChI=1S/C19H20NO2PS3/c1-15-10-12-17(13-11-15)26(21,22)20-19(18-9-6-14-25-18)23(2,24)16-7-4-3-5-8-16/h3-14,19-20H,1-2H3/t19-,23?/m0/s1. The third kappa shape index (κ3) is 4.16. The molecule has 0 saturated carbocycles. The molecule has 0 spiro atoms. The third-order valence-electron chi connectivity index (χ3n) is 4.17. The van der Waals surface area contributed by atoms with Gasteiger partial charge in [-0.25, -0.2) is 8.42 Å². The van der Waals surface area contributed by atoms with E-state index in [1.54, 1.807) is 24.3 Å². The summed E-state index contributed by atoms with van der Waals surface area (Å²) < 4.78 is 28.9. The summed E-state index contributed by atoms with van der Waals surface area (Å²) in [5, 5.41) is 2.96. The van der Waals surface area contributed by atoms with E-state index in [4.69, 9.17) is 11.8 Å². The molecule has 0 bridgehead atoms. The minimum atomic E-state index is -3.68. The van der Waals surface area contributed by atoms with Crippen LogP contribution in [-0.4, -0.2) is 15.1 Å². The van der Waals surface area contributed by atoms with E-state index >= 15 is 0 Å². The minimum absolute atomic E-state index is 0.257. The predicted molar refractivity (Wildman–Crippen MR) is 115 cm³/mol. The molecule has 1 N–H and O–H groups in total. The van der Waals surface area contributed by atoms with E-state index in [0.717, 1.165) is 15.7 Å². The number of aryl methyl sites for hydroxylation is 1. The van der Waals surface area contributed by atoms with Crippen molar-refractivity contribution in [2.24, 2.45) is 0 Å². The minimum Gasteiger partial charge on any atom is -0.207 e. The molecule has 1 unspecified atom stereocenters. The van der Waals surface area contributed by atoms with Crippen LogP contribution >= 0.6 is 17.4 Å². The number of benzene rings is 2. The van der Waals surface area contributed by atoms with Crippen molar-refractivity contribution in [3.05, 3.63) is 82.6 Å². The molecule has 26 heavy (non-hydrogen) atoms. The molecule has 0 saturated heterocycles. The first kappa shape index (κ1) is 19.5. The summed E-state index contributed by atoms with van der Waals surface area (Å²) in [5.74, 6) is -0.439. The number of sulfonamides is 1. The molecule has 0 fully saturated rings. The highest BCUT2D eigenvalue weighted by Crippen LogP contribution is 2.55. The molecular formula is C19H20NO2PS3. The van der Waals surface area contributed by atoms with E-state index in [2.05, 4.69) is 4.72 Å². The molecule has 3 nitrogen and oxygen atoms in total. The number of rotatable bonds is 6. The molecule has 7 heteroatoms. The van der Waals surface area contributed by atoms with Gasteiger partial charge in [0, 0.05) is 10.9 Å². The molecule has 2 atom stereocenters.